The minimum absolute atomic E-state index is 0.225. The molecule has 2 rings (SSSR count). The third-order valence-electron chi connectivity index (χ3n) is 4.09. The van der Waals surface area contributed by atoms with Crippen LogP contribution in [-0.4, -0.2) is 41.0 Å². The van der Waals surface area contributed by atoms with Crippen LogP contribution in [0.3, 0.4) is 0 Å². The van der Waals surface area contributed by atoms with Crippen molar-refractivity contribution in [2.45, 2.75) is 43.9 Å². The number of rotatable bonds is 6. The molecule has 0 bridgehead atoms. The molecule has 1 aliphatic rings. The van der Waals surface area contributed by atoms with E-state index < -0.39 is 23.8 Å². The number of hydrogen-bond acceptors (Lipinski definition) is 5. The summed E-state index contributed by atoms with van der Waals surface area (Å²) >= 11 is 0. The van der Waals surface area contributed by atoms with Crippen molar-refractivity contribution < 1.29 is 18.0 Å². The van der Waals surface area contributed by atoms with Gasteiger partial charge in [-0.05, 0) is 37.8 Å². The van der Waals surface area contributed by atoms with Gasteiger partial charge < -0.3 is 16.0 Å². The predicted octanol–water partition coefficient (Wildman–Crippen LogP) is 2.13. The van der Waals surface area contributed by atoms with Crippen molar-refractivity contribution in [1.29, 1.82) is 5.26 Å². The van der Waals surface area contributed by atoms with Crippen molar-refractivity contribution >= 4 is 11.7 Å². The highest BCUT2D eigenvalue weighted by Crippen LogP contribution is 2.28. The van der Waals surface area contributed by atoms with Gasteiger partial charge in [-0.2, -0.15) is 18.4 Å². The Balaban J connectivity index is 1.73. The fourth-order valence-electron chi connectivity index (χ4n) is 2.71. The number of alkyl halides is 3. The maximum atomic E-state index is 12.4. The molecule has 6 nitrogen and oxygen atoms in total. The number of pyridine rings is 1. The molecule has 136 valence electrons. The normalized spacial score (nSPS) is 18.7. The second-order valence-corrected chi connectivity index (χ2v) is 5.92. The topological polar surface area (TPSA) is 95.0 Å². The molecule has 9 heteroatoms. The molecule has 2 unspecified atom stereocenters. The molecule has 1 aliphatic heterocycles. The average Bonchev–Trinajstić information content (AvgIpc) is 3.06. The second-order valence-electron chi connectivity index (χ2n) is 5.92. The summed E-state index contributed by atoms with van der Waals surface area (Å²) in [6.45, 7) is 0.986. The van der Waals surface area contributed by atoms with Crippen LogP contribution in [0.15, 0.2) is 18.3 Å². The molecule has 1 amide bonds. The lowest BCUT2D eigenvalue weighted by atomic mass is 10.1. The first-order valence-electron chi connectivity index (χ1n) is 8.05. The summed E-state index contributed by atoms with van der Waals surface area (Å²) < 4.78 is 37.3. The van der Waals surface area contributed by atoms with Crippen molar-refractivity contribution in [1.82, 2.24) is 9.88 Å². The molecule has 1 aromatic heterocycles. The number of aromatic nitrogens is 1. The van der Waals surface area contributed by atoms with Crippen molar-refractivity contribution in [3.8, 4) is 6.07 Å². The van der Waals surface area contributed by atoms with Crippen LogP contribution in [0.1, 0.15) is 31.2 Å². The number of likely N-dealkylation sites (tertiary alicyclic amines) is 1. The van der Waals surface area contributed by atoms with E-state index in [0.717, 1.165) is 18.7 Å². The summed E-state index contributed by atoms with van der Waals surface area (Å²) in [5.74, 6) is 0.105. The molecular weight excluding hydrogens is 335 g/mol. The zero-order valence-corrected chi connectivity index (χ0v) is 13.6. The average molecular weight is 355 g/mol. The maximum Gasteiger partial charge on any atom is 0.417 e. The third kappa shape index (κ3) is 5.06. The Morgan fingerprint density at radius 3 is 2.88 bits per heavy atom. The summed E-state index contributed by atoms with van der Waals surface area (Å²) in [5, 5.41) is 11.9. The number of carbonyl (C=O) groups excluding carboxylic acids is 1. The van der Waals surface area contributed by atoms with Crippen LogP contribution in [-0.2, 0) is 11.0 Å². The van der Waals surface area contributed by atoms with Crippen LogP contribution in [0, 0.1) is 11.3 Å². The van der Waals surface area contributed by atoms with Gasteiger partial charge in [0.25, 0.3) is 0 Å². The Morgan fingerprint density at radius 2 is 2.28 bits per heavy atom. The van der Waals surface area contributed by atoms with Crippen molar-refractivity contribution in [2.75, 3.05) is 18.4 Å². The molecule has 0 radical (unpaired) electrons. The summed E-state index contributed by atoms with van der Waals surface area (Å²) in [7, 11) is 0. The molecule has 3 N–H and O–H groups in total. The number of carbonyl (C=O) groups is 1. The van der Waals surface area contributed by atoms with Gasteiger partial charge in [-0.15, -0.1) is 0 Å². The number of nitrogens with one attached hydrogen (secondary N) is 1. The minimum atomic E-state index is -4.41. The highest BCUT2D eigenvalue weighted by molar-refractivity contribution is 5.82. The van der Waals surface area contributed by atoms with Gasteiger partial charge in [0, 0.05) is 19.3 Å². The molecule has 0 saturated carbocycles. The van der Waals surface area contributed by atoms with E-state index in [9.17, 15) is 18.0 Å². The van der Waals surface area contributed by atoms with Gasteiger partial charge in [-0.1, -0.05) is 0 Å². The number of halogens is 3. The summed E-state index contributed by atoms with van der Waals surface area (Å²) in [6.07, 6.45) is -1.18. The predicted molar refractivity (Wildman–Crippen MR) is 85.3 cm³/mol. The van der Waals surface area contributed by atoms with Gasteiger partial charge in [-0.3, -0.25) is 4.79 Å². The SMILES string of the molecule is N#CC1CCCN1C(=O)C(N)CCCNc1ccc(C(F)(F)F)cn1. The zero-order chi connectivity index (χ0) is 18.4. The number of nitrogens with two attached hydrogens (primary N) is 1. The monoisotopic (exact) mass is 355 g/mol. The van der Waals surface area contributed by atoms with E-state index >= 15 is 0 Å². The number of nitriles is 1. The Bertz CT molecular complexity index is 626. The van der Waals surface area contributed by atoms with E-state index in [4.69, 9.17) is 11.0 Å². The summed E-state index contributed by atoms with van der Waals surface area (Å²) in [5.41, 5.74) is 5.09. The zero-order valence-electron chi connectivity index (χ0n) is 13.6. The fraction of sp³-hybridized carbons (Fsp3) is 0.562. The van der Waals surface area contributed by atoms with E-state index in [-0.39, 0.29) is 5.91 Å². The van der Waals surface area contributed by atoms with Crippen LogP contribution < -0.4 is 11.1 Å². The van der Waals surface area contributed by atoms with Gasteiger partial charge in [0.15, 0.2) is 0 Å². The lowest BCUT2D eigenvalue weighted by Crippen LogP contribution is -2.45. The Morgan fingerprint density at radius 1 is 1.52 bits per heavy atom. The fourth-order valence-corrected chi connectivity index (χ4v) is 2.71. The van der Waals surface area contributed by atoms with Crippen LogP contribution in [0.25, 0.3) is 0 Å². The first-order chi connectivity index (χ1) is 11.8. The van der Waals surface area contributed by atoms with E-state index in [1.807, 2.05) is 0 Å². The first-order valence-corrected chi connectivity index (χ1v) is 8.05. The van der Waals surface area contributed by atoms with Crippen molar-refractivity contribution in [3.05, 3.63) is 23.9 Å². The molecule has 2 heterocycles. The van der Waals surface area contributed by atoms with Crippen molar-refractivity contribution in [2.24, 2.45) is 5.73 Å². The van der Waals surface area contributed by atoms with Gasteiger partial charge in [0.1, 0.15) is 11.9 Å². The Labute approximate surface area is 143 Å². The number of hydrogen-bond donors (Lipinski definition) is 2. The van der Waals surface area contributed by atoms with Crippen molar-refractivity contribution in [3.63, 3.8) is 0 Å². The Hall–Kier alpha value is -2.34. The summed E-state index contributed by atoms with van der Waals surface area (Å²) in [4.78, 5) is 17.5. The lowest BCUT2D eigenvalue weighted by Gasteiger charge is -2.23. The molecule has 0 aromatic carbocycles. The van der Waals surface area contributed by atoms with E-state index in [1.165, 1.54) is 11.0 Å². The molecule has 1 saturated heterocycles. The van der Waals surface area contributed by atoms with Crippen LogP contribution in [0.4, 0.5) is 19.0 Å². The minimum Gasteiger partial charge on any atom is -0.370 e. The van der Waals surface area contributed by atoms with Gasteiger partial charge in [0.05, 0.1) is 17.7 Å². The smallest absolute Gasteiger partial charge is 0.370 e. The third-order valence-corrected chi connectivity index (χ3v) is 4.09. The molecule has 0 spiro atoms. The molecule has 0 aliphatic carbocycles. The molecule has 2 atom stereocenters. The quantitative estimate of drug-likeness (QED) is 0.762. The van der Waals surface area contributed by atoms with Crippen LogP contribution in [0.5, 0.6) is 0 Å². The van der Waals surface area contributed by atoms with Gasteiger partial charge >= 0.3 is 6.18 Å². The molecule has 1 aromatic rings. The number of nitrogens with zero attached hydrogens (tertiary/aromatic N) is 3. The molecule has 25 heavy (non-hydrogen) atoms. The standard InChI is InChI=1S/C16H20F3N5O/c17-16(18,19)11-5-6-14(23-10-11)22-7-1-4-13(21)15(25)24-8-2-3-12(24)9-20/h5-6,10,12-13H,1-4,7-8,21H2,(H,22,23). The Kier molecular flexibility index (Phi) is 6.20. The molecule has 1 fully saturated rings. The lowest BCUT2D eigenvalue weighted by molar-refractivity contribution is -0.137. The summed E-state index contributed by atoms with van der Waals surface area (Å²) in [6, 6.07) is 3.24. The highest BCUT2D eigenvalue weighted by Gasteiger charge is 2.31. The van der Waals surface area contributed by atoms with Gasteiger partial charge in [0.2, 0.25) is 5.91 Å². The highest BCUT2D eigenvalue weighted by atomic mass is 19.4. The van der Waals surface area contributed by atoms with Crippen LogP contribution >= 0.6 is 0 Å². The van der Waals surface area contributed by atoms with E-state index in [1.54, 1.807) is 0 Å². The number of amides is 1. The largest absolute Gasteiger partial charge is 0.417 e. The second kappa shape index (κ2) is 8.16. The van der Waals surface area contributed by atoms with Gasteiger partial charge in [-0.25, -0.2) is 4.98 Å². The first kappa shape index (κ1) is 19.0. The maximum absolute atomic E-state index is 12.4. The van der Waals surface area contributed by atoms with E-state index in [0.29, 0.717) is 38.2 Å². The number of anilines is 1. The van der Waals surface area contributed by atoms with Crippen LogP contribution in [0.2, 0.25) is 0 Å². The van der Waals surface area contributed by atoms with E-state index in [2.05, 4.69) is 16.4 Å². The molecular formula is C16H20F3N5O.